The van der Waals surface area contributed by atoms with Gasteiger partial charge in [-0.3, -0.25) is 9.69 Å². The Hall–Kier alpha value is -1.77. The Morgan fingerprint density at radius 3 is 3.00 bits per heavy atom. The van der Waals surface area contributed by atoms with Crippen LogP contribution in [0.3, 0.4) is 0 Å². The predicted molar refractivity (Wildman–Crippen MR) is 60.0 cm³/mol. The van der Waals surface area contributed by atoms with Crippen LogP contribution in [0.1, 0.15) is 12.5 Å². The molecule has 2 aromatic rings. The molecule has 3 rings (SSSR count). The first-order chi connectivity index (χ1) is 7.27. The molecular weight excluding hydrogens is 188 g/mol. The van der Waals surface area contributed by atoms with Gasteiger partial charge >= 0.3 is 0 Å². The van der Waals surface area contributed by atoms with E-state index in [0.29, 0.717) is 0 Å². The van der Waals surface area contributed by atoms with Gasteiger partial charge in [-0.15, -0.1) is 0 Å². The van der Waals surface area contributed by atoms with Crippen molar-refractivity contribution in [3.05, 3.63) is 29.8 Å². The molecule has 1 aliphatic rings. The first-order valence-electron chi connectivity index (χ1n) is 5.15. The summed E-state index contributed by atoms with van der Waals surface area (Å²) in [5.74, 6) is 1.10. The maximum absolute atomic E-state index is 11.4. The Kier molecular flexibility index (Phi) is 1.63. The summed E-state index contributed by atoms with van der Waals surface area (Å²) in [6, 6.07) is 8.19. The number of anilines is 1. The van der Waals surface area contributed by atoms with Crippen LogP contribution in [0.5, 0.6) is 0 Å². The van der Waals surface area contributed by atoms with Gasteiger partial charge in [0.05, 0.1) is 0 Å². The van der Waals surface area contributed by atoms with Gasteiger partial charge in [-0.2, -0.15) is 0 Å². The Morgan fingerprint density at radius 2 is 2.20 bits per heavy atom. The van der Waals surface area contributed by atoms with Gasteiger partial charge < -0.3 is 4.98 Å². The third-order valence-electron chi connectivity index (χ3n) is 3.03. The summed E-state index contributed by atoms with van der Waals surface area (Å²) in [7, 11) is 0. The molecule has 0 spiro atoms. The molecule has 0 aliphatic carbocycles. The quantitative estimate of drug-likeness (QED) is 0.694. The van der Waals surface area contributed by atoms with Gasteiger partial charge in [0.15, 0.2) is 0 Å². The zero-order valence-corrected chi connectivity index (χ0v) is 8.58. The lowest BCUT2D eigenvalue weighted by molar-refractivity contribution is -0.116. The summed E-state index contributed by atoms with van der Waals surface area (Å²) < 4.78 is 0. The molecule has 3 nitrogen and oxygen atoms in total. The molecule has 0 bridgehead atoms. The van der Waals surface area contributed by atoms with Gasteiger partial charge in [0, 0.05) is 29.9 Å². The second-order valence-corrected chi connectivity index (χ2v) is 3.92. The van der Waals surface area contributed by atoms with E-state index >= 15 is 0 Å². The fourth-order valence-electron chi connectivity index (χ4n) is 2.32. The lowest BCUT2D eigenvalue weighted by atomic mass is 10.1. The van der Waals surface area contributed by atoms with Crippen molar-refractivity contribution < 1.29 is 4.79 Å². The highest BCUT2D eigenvalue weighted by atomic mass is 16.2. The second-order valence-electron chi connectivity index (χ2n) is 3.92. The number of fused-ring (bicyclic) bond motifs is 3. The number of nitrogens with zero attached hydrogens (tertiary/aromatic N) is 1. The van der Waals surface area contributed by atoms with E-state index in [1.807, 2.05) is 23.1 Å². The number of hydrogen-bond acceptors (Lipinski definition) is 1. The van der Waals surface area contributed by atoms with Crippen LogP contribution in [-0.4, -0.2) is 17.4 Å². The van der Waals surface area contributed by atoms with Gasteiger partial charge in [0.25, 0.3) is 0 Å². The summed E-state index contributed by atoms with van der Waals surface area (Å²) in [6.07, 6.45) is 0.957. The zero-order valence-electron chi connectivity index (χ0n) is 8.58. The van der Waals surface area contributed by atoms with Crippen LogP contribution in [0, 0.1) is 0 Å². The van der Waals surface area contributed by atoms with E-state index in [9.17, 15) is 4.79 Å². The second kappa shape index (κ2) is 2.86. The first-order valence-corrected chi connectivity index (χ1v) is 5.15. The van der Waals surface area contributed by atoms with Crippen molar-refractivity contribution in [2.24, 2.45) is 0 Å². The van der Waals surface area contributed by atoms with Crippen LogP contribution in [0.2, 0.25) is 0 Å². The Bertz CT molecular complexity index is 542. The van der Waals surface area contributed by atoms with Gasteiger partial charge in [0.1, 0.15) is 5.82 Å². The van der Waals surface area contributed by atoms with E-state index < -0.39 is 0 Å². The number of H-pyrrole nitrogens is 1. The number of rotatable bonds is 0. The average molecular weight is 200 g/mol. The van der Waals surface area contributed by atoms with Crippen LogP contribution in [-0.2, 0) is 11.2 Å². The molecule has 1 aromatic heterocycles. The summed E-state index contributed by atoms with van der Waals surface area (Å²) >= 11 is 0. The van der Waals surface area contributed by atoms with Crippen LogP contribution in [0.25, 0.3) is 10.9 Å². The number of carbonyl (C=O) groups excluding carboxylic acids is 1. The minimum atomic E-state index is 0.111. The van der Waals surface area contributed by atoms with Crippen LogP contribution in [0.4, 0.5) is 5.82 Å². The van der Waals surface area contributed by atoms with E-state index in [4.69, 9.17) is 0 Å². The van der Waals surface area contributed by atoms with E-state index in [1.165, 1.54) is 10.9 Å². The van der Waals surface area contributed by atoms with Gasteiger partial charge in [-0.1, -0.05) is 18.2 Å². The average Bonchev–Trinajstić information content (AvgIpc) is 2.74. The van der Waals surface area contributed by atoms with Crippen molar-refractivity contribution >= 4 is 22.6 Å². The monoisotopic (exact) mass is 200 g/mol. The van der Waals surface area contributed by atoms with Gasteiger partial charge in [-0.05, 0) is 12.5 Å². The third kappa shape index (κ3) is 1.09. The summed E-state index contributed by atoms with van der Waals surface area (Å²) in [5, 5.41) is 1.25. The van der Waals surface area contributed by atoms with E-state index in [-0.39, 0.29) is 5.91 Å². The van der Waals surface area contributed by atoms with Crippen LogP contribution in [0.15, 0.2) is 24.3 Å². The largest absolute Gasteiger partial charge is 0.341 e. The molecule has 76 valence electrons. The Balaban J connectivity index is 2.25. The number of carbonyl (C=O) groups is 1. The van der Waals surface area contributed by atoms with Crippen molar-refractivity contribution in [1.82, 2.24) is 4.98 Å². The Morgan fingerprint density at radius 1 is 1.40 bits per heavy atom. The summed E-state index contributed by atoms with van der Waals surface area (Å²) in [5.41, 5.74) is 2.40. The molecule has 1 aromatic carbocycles. The smallest absolute Gasteiger partial charge is 0.224 e. The molecule has 0 unspecified atom stereocenters. The molecule has 0 atom stereocenters. The maximum atomic E-state index is 11.4. The fraction of sp³-hybridized carbons (Fsp3) is 0.250. The number of nitrogens with one attached hydrogen (secondary N) is 1. The molecule has 0 radical (unpaired) electrons. The minimum absolute atomic E-state index is 0.111. The molecule has 0 fully saturated rings. The highest BCUT2D eigenvalue weighted by molar-refractivity contribution is 5.99. The first kappa shape index (κ1) is 8.53. The Labute approximate surface area is 87.7 Å². The van der Waals surface area contributed by atoms with Crippen molar-refractivity contribution in [2.45, 2.75) is 13.3 Å². The van der Waals surface area contributed by atoms with Gasteiger partial charge in [-0.25, -0.2) is 0 Å². The molecule has 1 aliphatic heterocycles. The number of para-hydroxylation sites is 1. The molecule has 3 heteroatoms. The molecule has 2 heterocycles. The highest BCUT2D eigenvalue weighted by Crippen LogP contribution is 2.33. The maximum Gasteiger partial charge on any atom is 0.224 e. The summed E-state index contributed by atoms with van der Waals surface area (Å²) in [6.45, 7) is 2.42. The third-order valence-corrected chi connectivity index (χ3v) is 3.03. The molecule has 0 saturated heterocycles. The number of aromatic amines is 1. The lowest BCUT2D eigenvalue weighted by Gasteiger charge is -2.12. The molecule has 15 heavy (non-hydrogen) atoms. The number of benzene rings is 1. The van der Waals surface area contributed by atoms with E-state index in [2.05, 4.69) is 11.1 Å². The molecule has 1 amide bonds. The topological polar surface area (TPSA) is 36.1 Å². The summed E-state index contributed by atoms with van der Waals surface area (Å²) in [4.78, 5) is 16.5. The SMILES string of the molecule is CC(=O)N1CCc2c1[nH]c1ccccc21. The number of hydrogen-bond donors (Lipinski definition) is 1. The number of aromatic nitrogens is 1. The lowest BCUT2D eigenvalue weighted by Crippen LogP contribution is -2.26. The van der Waals surface area contributed by atoms with Crippen LogP contribution < -0.4 is 4.90 Å². The van der Waals surface area contributed by atoms with Gasteiger partial charge in [0.2, 0.25) is 5.91 Å². The van der Waals surface area contributed by atoms with Crippen molar-refractivity contribution in [2.75, 3.05) is 11.4 Å². The zero-order chi connectivity index (χ0) is 10.4. The normalized spacial score (nSPS) is 14.6. The number of amides is 1. The molecular formula is C12H12N2O. The predicted octanol–water partition coefficient (Wildman–Crippen LogP) is 2.08. The van der Waals surface area contributed by atoms with Crippen LogP contribution >= 0.6 is 0 Å². The van der Waals surface area contributed by atoms with Crippen molar-refractivity contribution in [3.63, 3.8) is 0 Å². The highest BCUT2D eigenvalue weighted by Gasteiger charge is 2.25. The molecule has 1 N–H and O–H groups in total. The minimum Gasteiger partial charge on any atom is -0.341 e. The standard InChI is InChI=1S/C12H12N2O/c1-8(15)14-7-6-10-9-4-2-3-5-11(9)13-12(10)14/h2-5,13H,6-7H2,1H3. The fourth-order valence-corrected chi connectivity index (χ4v) is 2.32. The van der Waals surface area contributed by atoms with Crippen molar-refractivity contribution in [1.29, 1.82) is 0 Å². The van der Waals surface area contributed by atoms with E-state index in [0.717, 1.165) is 24.3 Å². The van der Waals surface area contributed by atoms with E-state index in [1.54, 1.807) is 6.92 Å². The molecule has 0 saturated carbocycles. The van der Waals surface area contributed by atoms with Crippen molar-refractivity contribution in [3.8, 4) is 0 Å².